The quantitative estimate of drug-likeness (QED) is 0.722. The lowest BCUT2D eigenvalue weighted by Gasteiger charge is -2.04. The normalized spacial score (nSPS) is 10.6. The van der Waals surface area contributed by atoms with Crippen LogP contribution in [-0.2, 0) is 6.54 Å². The first-order chi connectivity index (χ1) is 7.83. The molecule has 1 aromatic heterocycles. The van der Waals surface area contributed by atoms with E-state index in [2.05, 4.69) is 26.2 Å². The summed E-state index contributed by atoms with van der Waals surface area (Å²) in [6.45, 7) is 2.16. The molecule has 4 heteroatoms. The maximum absolute atomic E-state index is 8.61. The molecule has 0 aliphatic carbocycles. The van der Waals surface area contributed by atoms with Gasteiger partial charge in [-0.05, 0) is 47.4 Å². The first kappa shape index (κ1) is 13.6. The second-order valence-corrected chi connectivity index (χ2v) is 4.70. The molecule has 1 aromatic rings. The number of aliphatic hydroxyl groups is 1. The molecule has 0 aliphatic rings. The zero-order chi connectivity index (χ0) is 11.6. The van der Waals surface area contributed by atoms with Gasteiger partial charge in [-0.25, -0.2) is 0 Å². The maximum atomic E-state index is 8.61. The Hall–Kier alpha value is -0.450. The van der Waals surface area contributed by atoms with Crippen molar-refractivity contribution in [1.29, 1.82) is 0 Å². The first-order valence-electron chi connectivity index (χ1n) is 5.75. The summed E-state index contributed by atoms with van der Waals surface area (Å²) in [5.41, 5.74) is 1.07. The lowest BCUT2D eigenvalue weighted by atomic mass is 10.2. The van der Waals surface area contributed by atoms with Crippen molar-refractivity contribution >= 4 is 15.9 Å². The minimum absolute atomic E-state index is 0.316. The number of unbranched alkanes of at least 4 members (excludes halogenated alkanes) is 3. The van der Waals surface area contributed by atoms with Crippen molar-refractivity contribution in [2.24, 2.45) is 0 Å². The molecule has 0 spiro atoms. The molecule has 0 amide bonds. The monoisotopic (exact) mass is 286 g/mol. The third-order valence-electron chi connectivity index (χ3n) is 2.36. The van der Waals surface area contributed by atoms with E-state index in [0.717, 1.165) is 42.5 Å². The Morgan fingerprint density at radius 1 is 1.19 bits per heavy atom. The molecular weight excluding hydrogens is 268 g/mol. The van der Waals surface area contributed by atoms with Gasteiger partial charge in [-0.1, -0.05) is 12.8 Å². The third kappa shape index (κ3) is 6.20. The van der Waals surface area contributed by atoms with Gasteiger partial charge in [0.2, 0.25) is 0 Å². The van der Waals surface area contributed by atoms with E-state index >= 15 is 0 Å². The second kappa shape index (κ2) is 8.67. The molecule has 0 unspecified atom stereocenters. The number of hydrogen-bond donors (Lipinski definition) is 2. The molecule has 1 heterocycles. The van der Waals surface area contributed by atoms with Crippen molar-refractivity contribution in [3.63, 3.8) is 0 Å². The molecule has 0 aromatic carbocycles. The standard InChI is InChI=1S/C12H19BrN2O/c13-11-5-6-12(15-9-11)10-14-7-3-1-2-4-8-16/h5-6,9,14,16H,1-4,7-8,10H2. The molecule has 0 saturated carbocycles. The Balaban J connectivity index is 2.01. The molecule has 0 saturated heterocycles. The average Bonchev–Trinajstić information content (AvgIpc) is 2.30. The van der Waals surface area contributed by atoms with Crippen LogP contribution in [0.15, 0.2) is 22.8 Å². The lowest BCUT2D eigenvalue weighted by molar-refractivity contribution is 0.282. The molecule has 0 bridgehead atoms. The Bertz CT molecular complexity index is 277. The zero-order valence-electron chi connectivity index (χ0n) is 9.45. The molecule has 0 atom stereocenters. The van der Waals surface area contributed by atoms with E-state index in [1.165, 1.54) is 6.42 Å². The van der Waals surface area contributed by atoms with Gasteiger partial charge in [-0.15, -0.1) is 0 Å². The minimum Gasteiger partial charge on any atom is -0.396 e. The number of aromatic nitrogens is 1. The number of nitrogens with zero attached hydrogens (tertiary/aromatic N) is 1. The van der Waals surface area contributed by atoms with Gasteiger partial charge in [0.25, 0.3) is 0 Å². The summed E-state index contributed by atoms with van der Waals surface area (Å²) in [5.74, 6) is 0. The van der Waals surface area contributed by atoms with Crippen LogP contribution in [0.25, 0.3) is 0 Å². The van der Waals surface area contributed by atoms with E-state index in [1.54, 1.807) is 0 Å². The predicted octanol–water partition coefficient (Wildman–Crippen LogP) is 2.49. The molecule has 16 heavy (non-hydrogen) atoms. The van der Waals surface area contributed by atoms with Crippen LogP contribution in [0.4, 0.5) is 0 Å². The number of aliphatic hydroxyl groups excluding tert-OH is 1. The van der Waals surface area contributed by atoms with E-state index in [0.29, 0.717) is 6.61 Å². The van der Waals surface area contributed by atoms with Crippen molar-refractivity contribution in [2.45, 2.75) is 32.2 Å². The molecule has 0 fully saturated rings. The second-order valence-electron chi connectivity index (χ2n) is 3.78. The summed E-state index contributed by atoms with van der Waals surface area (Å²) in [7, 11) is 0. The Morgan fingerprint density at radius 3 is 2.69 bits per heavy atom. The van der Waals surface area contributed by atoms with E-state index < -0.39 is 0 Å². The van der Waals surface area contributed by atoms with Gasteiger partial charge in [0.1, 0.15) is 0 Å². The van der Waals surface area contributed by atoms with Crippen LogP contribution in [0.3, 0.4) is 0 Å². The number of nitrogens with one attached hydrogen (secondary N) is 1. The van der Waals surface area contributed by atoms with Crippen LogP contribution >= 0.6 is 15.9 Å². The van der Waals surface area contributed by atoms with Crippen LogP contribution in [0, 0.1) is 0 Å². The fourth-order valence-corrected chi connectivity index (χ4v) is 1.68. The molecule has 0 radical (unpaired) electrons. The van der Waals surface area contributed by atoms with Gasteiger partial charge < -0.3 is 10.4 Å². The third-order valence-corrected chi connectivity index (χ3v) is 2.83. The summed E-state index contributed by atoms with van der Waals surface area (Å²) in [5, 5.41) is 12.0. The van der Waals surface area contributed by atoms with Crippen molar-refractivity contribution in [3.8, 4) is 0 Å². The van der Waals surface area contributed by atoms with Crippen LogP contribution in [0.1, 0.15) is 31.4 Å². The maximum Gasteiger partial charge on any atom is 0.0542 e. The smallest absolute Gasteiger partial charge is 0.0542 e. The van der Waals surface area contributed by atoms with Crippen LogP contribution in [-0.4, -0.2) is 23.2 Å². The summed E-state index contributed by atoms with van der Waals surface area (Å²) in [6, 6.07) is 4.02. The van der Waals surface area contributed by atoms with Crippen molar-refractivity contribution in [1.82, 2.24) is 10.3 Å². The molecule has 90 valence electrons. The number of hydrogen-bond acceptors (Lipinski definition) is 3. The summed E-state index contributed by atoms with van der Waals surface area (Å²) in [6.07, 6.45) is 6.21. The van der Waals surface area contributed by atoms with E-state index in [-0.39, 0.29) is 0 Å². The number of pyridine rings is 1. The van der Waals surface area contributed by atoms with E-state index in [1.807, 2.05) is 18.3 Å². The molecule has 3 nitrogen and oxygen atoms in total. The highest BCUT2D eigenvalue weighted by Gasteiger charge is 1.94. The summed E-state index contributed by atoms with van der Waals surface area (Å²) < 4.78 is 1.01. The summed E-state index contributed by atoms with van der Waals surface area (Å²) in [4.78, 5) is 4.28. The van der Waals surface area contributed by atoms with Crippen molar-refractivity contribution in [2.75, 3.05) is 13.2 Å². The van der Waals surface area contributed by atoms with Gasteiger partial charge in [-0.2, -0.15) is 0 Å². The largest absolute Gasteiger partial charge is 0.396 e. The minimum atomic E-state index is 0.316. The number of halogens is 1. The van der Waals surface area contributed by atoms with Crippen LogP contribution < -0.4 is 5.32 Å². The van der Waals surface area contributed by atoms with Crippen LogP contribution in [0.2, 0.25) is 0 Å². The van der Waals surface area contributed by atoms with Gasteiger partial charge in [-0.3, -0.25) is 4.98 Å². The zero-order valence-corrected chi connectivity index (χ0v) is 11.0. The van der Waals surface area contributed by atoms with Crippen LogP contribution in [0.5, 0.6) is 0 Å². The Labute approximate surface area is 105 Å². The Morgan fingerprint density at radius 2 is 2.00 bits per heavy atom. The fraction of sp³-hybridized carbons (Fsp3) is 0.583. The fourth-order valence-electron chi connectivity index (χ4n) is 1.44. The highest BCUT2D eigenvalue weighted by Crippen LogP contribution is 2.07. The molecule has 1 rings (SSSR count). The SMILES string of the molecule is OCCCCCCNCc1ccc(Br)cn1. The number of rotatable bonds is 8. The lowest BCUT2D eigenvalue weighted by Crippen LogP contribution is -2.15. The first-order valence-corrected chi connectivity index (χ1v) is 6.54. The van der Waals surface area contributed by atoms with Crippen molar-refractivity contribution < 1.29 is 5.11 Å². The van der Waals surface area contributed by atoms with Gasteiger partial charge in [0, 0.05) is 23.8 Å². The Kier molecular flexibility index (Phi) is 7.38. The van der Waals surface area contributed by atoms with Crippen molar-refractivity contribution in [3.05, 3.63) is 28.5 Å². The molecule has 0 aliphatic heterocycles. The van der Waals surface area contributed by atoms with E-state index in [4.69, 9.17) is 5.11 Å². The topological polar surface area (TPSA) is 45.1 Å². The predicted molar refractivity (Wildman–Crippen MR) is 69.2 cm³/mol. The van der Waals surface area contributed by atoms with Gasteiger partial charge in [0.05, 0.1) is 5.69 Å². The molecule has 2 N–H and O–H groups in total. The van der Waals surface area contributed by atoms with Gasteiger partial charge in [0.15, 0.2) is 0 Å². The summed E-state index contributed by atoms with van der Waals surface area (Å²) >= 11 is 3.36. The highest BCUT2D eigenvalue weighted by atomic mass is 79.9. The van der Waals surface area contributed by atoms with E-state index in [9.17, 15) is 0 Å². The highest BCUT2D eigenvalue weighted by molar-refractivity contribution is 9.10. The molecular formula is C12H19BrN2O. The van der Waals surface area contributed by atoms with Gasteiger partial charge >= 0.3 is 0 Å². The average molecular weight is 287 g/mol.